The molecule has 2 aliphatic heterocycles. The summed E-state index contributed by atoms with van der Waals surface area (Å²) in [5, 5.41) is 1.68. The van der Waals surface area contributed by atoms with Crippen molar-refractivity contribution in [3.05, 3.63) is 78.4 Å². The van der Waals surface area contributed by atoms with Crippen LogP contribution in [0.2, 0.25) is 0 Å². The monoisotopic (exact) mass is 516 g/mol. The first kappa shape index (κ1) is 25.6. The number of para-hydroxylation sites is 1. The van der Waals surface area contributed by atoms with Crippen molar-refractivity contribution in [2.24, 2.45) is 5.92 Å². The van der Waals surface area contributed by atoms with Gasteiger partial charge in [0.05, 0.1) is 37.7 Å². The van der Waals surface area contributed by atoms with Gasteiger partial charge in [0.2, 0.25) is 5.91 Å². The van der Waals surface area contributed by atoms with Gasteiger partial charge in [-0.1, -0.05) is 37.6 Å². The van der Waals surface area contributed by atoms with Crippen LogP contribution in [0, 0.1) is 5.92 Å². The number of fused-ring (bicyclic) bond motifs is 1. The zero-order valence-corrected chi connectivity index (χ0v) is 21.8. The molecule has 0 aliphatic carbocycles. The highest BCUT2D eigenvalue weighted by Gasteiger charge is 2.60. The van der Waals surface area contributed by atoms with Gasteiger partial charge in [-0.2, -0.15) is 0 Å². The number of methoxy groups -OCH3 is 1. The lowest BCUT2D eigenvalue weighted by Gasteiger charge is -2.29. The molecule has 5 rings (SSSR count). The van der Waals surface area contributed by atoms with Gasteiger partial charge in [0.25, 0.3) is 5.91 Å². The standard InChI is InChI=1S/C30H32N2O6/c1-4-6-18-37-24-17-12-20(19-25(24)36-5-2)27-26-28(38-32(27)22-10-8-7-9-11-22)30(34)31(29(26)33)21-13-15-23(35-3)16-14-21/h7-17,19,26-28H,4-6,18H2,1-3H3/t26-,27-,28+/m0/s1. The van der Waals surface area contributed by atoms with Crippen LogP contribution in [0.1, 0.15) is 38.3 Å². The summed E-state index contributed by atoms with van der Waals surface area (Å²) < 4.78 is 17.1. The van der Waals surface area contributed by atoms with E-state index in [4.69, 9.17) is 19.0 Å². The second-order valence-electron chi connectivity index (χ2n) is 9.21. The topological polar surface area (TPSA) is 77.5 Å². The van der Waals surface area contributed by atoms with Crippen molar-refractivity contribution in [3.8, 4) is 17.2 Å². The van der Waals surface area contributed by atoms with E-state index in [-0.39, 0.29) is 5.91 Å². The van der Waals surface area contributed by atoms with E-state index in [0.717, 1.165) is 24.1 Å². The largest absolute Gasteiger partial charge is 0.497 e. The van der Waals surface area contributed by atoms with Crippen LogP contribution in [-0.4, -0.2) is 38.2 Å². The fourth-order valence-corrected chi connectivity index (χ4v) is 4.96. The summed E-state index contributed by atoms with van der Waals surface area (Å²) in [5.41, 5.74) is 2.04. The Morgan fingerprint density at radius 3 is 2.29 bits per heavy atom. The Bertz CT molecular complexity index is 1280. The van der Waals surface area contributed by atoms with Crippen LogP contribution in [0.15, 0.2) is 72.8 Å². The molecule has 0 radical (unpaired) electrons. The summed E-state index contributed by atoms with van der Waals surface area (Å²) in [6.45, 7) is 5.08. The summed E-state index contributed by atoms with van der Waals surface area (Å²) in [6.07, 6.45) is 1.01. The maximum absolute atomic E-state index is 13.9. The van der Waals surface area contributed by atoms with Gasteiger partial charge in [-0.25, -0.2) is 9.96 Å². The van der Waals surface area contributed by atoms with Crippen molar-refractivity contribution in [2.75, 3.05) is 30.3 Å². The minimum atomic E-state index is -0.953. The number of nitrogens with zero attached hydrogens (tertiary/aromatic N) is 2. The molecule has 3 aromatic carbocycles. The zero-order chi connectivity index (χ0) is 26.6. The molecule has 0 spiro atoms. The minimum absolute atomic E-state index is 0.310. The van der Waals surface area contributed by atoms with E-state index < -0.39 is 24.0 Å². The van der Waals surface area contributed by atoms with Gasteiger partial charge in [0.15, 0.2) is 17.6 Å². The number of amides is 2. The molecule has 198 valence electrons. The second-order valence-corrected chi connectivity index (χ2v) is 9.21. The highest BCUT2D eigenvalue weighted by Crippen LogP contribution is 2.48. The van der Waals surface area contributed by atoms with E-state index >= 15 is 0 Å². The molecule has 2 saturated heterocycles. The quantitative estimate of drug-likeness (QED) is 0.266. The summed E-state index contributed by atoms with van der Waals surface area (Å²) in [7, 11) is 1.57. The number of ether oxygens (including phenoxy) is 3. The van der Waals surface area contributed by atoms with Gasteiger partial charge in [0, 0.05) is 0 Å². The fourth-order valence-electron chi connectivity index (χ4n) is 4.96. The molecule has 0 unspecified atom stereocenters. The van der Waals surface area contributed by atoms with Crippen LogP contribution >= 0.6 is 0 Å². The van der Waals surface area contributed by atoms with E-state index in [1.54, 1.807) is 36.4 Å². The molecule has 3 atom stereocenters. The fraction of sp³-hybridized carbons (Fsp3) is 0.333. The third-order valence-corrected chi connectivity index (χ3v) is 6.82. The van der Waals surface area contributed by atoms with Gasteiger partial charge in [-0.05, 0) is 67.4 Å². The molecule has 2 aliphatic rings. The minimum Gasteiger partial charge on any atom is -0.497 e. The predicted molar refractivity (Wildman–Crippen MR) is 144 cm³/mol. The van der Waals surface area contributed by atoms with Crippen LogP contribution in [0.5, 0.6) is 17.2 Å². The number of imide groups is 1. The van der Waals surface area contributed by atoms with Crippen molar-refractivity contribution in [1.82, 2.24) is 0 Å². The third kappa shape index (κ3) is 4.67. The van der Waals surface area contributed by atoms with E-state index in [2.05, 4.69) is 6.92 Å². The van der Waals surface area contributed by atoms with Gasteiger partial charge in [-0.15, -0.1) is 0 Å². The first-order valence-corrected chi connectivity index (χ1v) is 13.0. The molecule has 0 aromatic heterocycles. The summed E-state index contributed by atoms with van der Waals surface area (Å²) in [5.74, 6) is 0.446. The smallest absolute Gasteiger partial charge is 0.266 e. The number of unbranched alkanes of at least 4 members (excludes halogenated alkanes) is 1. The molecule has 0 saturated carbocycles. The Labute approximate surface area is 222 Å². The Morgan fingerprint density at radius 2 is 1.61 bits per heavy atom. The molecular weight excluding hydrogens is 484 g/mol. The Morgan fingerprint density at radius 1 is 0.842 bits per heavy atom. The Balaban J connectivity index is 1.54. The summed E-state index contributed by atoms with van der Waals surface area (Å²) >= 11 is 0. The zero-order valence-electron chi connectivity index (χ0n) is 21.8. The average molecular weight is 517 g/mol. The number of hydrogen-bond acceptors (Lipinski definition) is 7. The normalized spacial score (nSPS) is 20.6. The highest BCUT2D eigenvalue weighted by atomic mass is 16.7. The molecule has 2 heterocycles. The molecule has 2 fully saturated rings. The molecular formula is C30H32N2O6. The number of carbonyl (C=O) groups excluding carboxylic acids is 2. The molecule has 8 heteroatoms. The second kappa shape index (κ2) is 11.1. The van der Waals surface area contributed by atoms with Crippen molar-refractivity contribution in [1.29, 1.82) is 0 Å². The van der Waals surface area contributed by atoms with Crippen molar-refractivity contribution in [3.63, 3.8) is 0 Å². The van der Waals surface area contributed by atoms with Gasteiger partial charge in [-0.3, -0.25) is 14.4 Å². The summed E-state index contributed by atoms with van der Waals surface area (Å²) in [4.78, 5) is 34.9. The van der Waals surface area contributed by atoms with Crippen LogP contribution in [0.4, 0.5) is 11.4 Å². The highest BCUT2D eigenvalue weighted by molar-refractivity contribution is 6.23. The lowest BCUT2D eigenvalue weighted by molar-refractivity contribution is -0.126. The Hall–Kier alpha value is -4.04. The first-order valence-electron chi connectivity index (χ1n) is 13.0. The molecule has 38 heavy (non-hydrogen) atoms. The van der Waals surface area contributed by atoms with Crippen LogP contribution in [-0.2, 0) is 14.4 Å². The van der Waals surface area contributed by atoms with E-state index in [1.165, 1.54) is 4.90 Å². The molecule has 8 nitrogen and oxygen atoms in total. The number of rotatable bonds is 10. The average Bonchev–Trinajstić information content (AvgIpc) is 3.46. The summed E-state index contributed by atoms with van der Waals surface area (Å²) in [6, 6.07) is 21.5. The first-order chi connectivity index (χ1) is 18.6. The number of carbonyl (C=O) groups is 2. The molecule has 3 aromatic rings. The number of anilines is 2. The lowest BCUT2D eigenvalue weighted by Crippen LogP contribution is -2.37. The number of hydrogen-bond donors (Lipinski definition) is 0. The predicted octanol–water partition coefficient (Wildman–Crippen LogP) is 5.32. The van der Waals surface area contributed by atoms with Crippen LogP contribution in [0.3, 0.4) is 0 Å². The molecule has 0 bridgehead atoms. The number of benzene rings is 3. The van der Waals surface area contributed by atoms with E-state index in [9.17, 15) is 9.59 Å². The van der Waals surface area contributed by atoms with Crippen molar-refractivity contribution >= 4 is 23.2 Å². The molecule has 0 N–H and O–H groups in total. The maximum atomic E-state index is 13.9. The van der Waals surface area contributed by atoms with Crippen LogP contribution < -0.4 is 24.2 Å². The van der Waals surface area contributed by atoms with E-state index in [0.29, 0.717) is 36.1 Å². The van der Waals surface area contributed by atoms with E-state index in [1.807, 2.05) is 55.5 Å². The van der Waals surface area contributed by atoms with Gasteiger partial charge >= 0.3 is 0 Å². The van der Waals surface area contributed by atoms with Crippen molar-refractivity contribution < 1.29 is 28.6 Å². The van der Waals surface area contributed by atoms with Crippen LogP contribution in [0.25, 0.3) is 0 Å². The Kier molecular flexibility index (Phi) is 7.51. The number of hydroxylamine groups is 1. The SMILES string of the molecule is CCCCOc1ccc([C@H]2[C@@H]3C(=O)N(c4ccc(OC)cc4)C(=O)[C@@H]3ON2c2ccccc2)cc1OCC. The third-order valence-electron chi connectivity index (χ3n) is 6.82. The van der Waals surface area contributed by atoms with Crippen molar-refractivity contribution in [2.45, 2.75) is 38.8 Å². The maximum Gasteiger partial charge on any atom is 0.266 e. The van der Waals surface area contributed by atoms with Gasteiger partial charge < -0.3 is 14.2 Å². The lowest BCUT2D eigenvalue weighted by atomic mass is 9.90. The molecule has 2 amide bonds. The van der Waals surface area contributed by atoms with Gasteiger partial charge in [0.1, 0.15) is 11.7 Å².